The first kappa shape index (κ1) is 28.2. The van der Waals surface area contributed by atoms with Gasteiger partial charge in [0.25, 0.3) is 0 Å². The molecule has 1 heterocycles. The monoisotopic (exact) mass is 551 g/mol. The minimum atomic E-state index is -4.43. The highest BCUT2D eigenvalue weighted by Gasteiger charge is 2.27. The summed E-state index contributed by atoms with van der Waals surface area (Å²) < 4.78 is 61.5. The smallest absolute Gasteiger partial charge is 0.361 e. The van der Waals surface area contributed by atoms with Crippen LogP contribution in [0, 0.1) is 6.92 Å². The van der Waals surface area contributed by atoms with Gasteiger partial charge in [0.05, 0.1) is 10.6 Å². The Bertz CT molecular complexity index is 1410. The number of anilines is 2. The van der Waals surface area contributed by atoms with Crippen LogP contribution in [0.15, 0.2) is 65.6 Å². The topological polar surface area (TPSA) is 110 Å². The molecule has 0 bridgehead atoms. The molecule has 0 fully saturated rings. The maximum atomic E-state index is 12.9. The molecule has 37 heavy (non-hydrogen) atoms. The van der Waals surface area contributed by atoms with Crippen molar-refractivity contribution in [2.24, 2.45) is 5.14 Å². The highest BCUT2D eigenvalue weighted by Crippen LogP contribution is 2.25. The number of nitrogens with zero attached hydrogens (tertiary/aromatic N) is 2. The van der Waals surface area contributed by atoms with E-state index in [1.165, 1.54) is 12.1 Å². The van der Waals surface area contributed by atoms with Crippen LogP contribution in [0.2, 0.25) is 5.02 Å². The second-order valence-electron chi connectivity index (χ2n) is 8.00. The number of nitrogens with two attached hydrogens (primary N) is 1. The molecular formula is C25H25ClF3N5O2S. The van der Waals surface area contributed by atoms with E-state index in [9.17, 15) is 21.6 Å². The predicted molar refractivity (Wildman–Crippen MR) is 141 cm³/mol. The molecule has 0 radical (unpaired) electrons. The van der Waals surface area contributed by atoms with Crippen LogP contribution in [0.3, 0.4) is 0 Å². The van der Waals surface area contributed by atoms with E-state index < -0.39 is 22.7 Å². The SMILES string of the molecule is C/C=C(/C=C\c1nc(NCc2ccc(S(N)(=O)=O)cc2)nc(NCC(F)(F)F)c1C)c1ccc(Cl)cc1. The Hall–Kier alpha value is -3.41. The van der Waals surface area contributed by atoms with Crippen molar-refractivity contribution in [3.63, 3.8) is 0 Å². The largest absolute Gasteiger partial charge is 0.405 e. The molecule has 0 aliphatic carbocycles. The first-order chi connectivity index (χ1) is 17.4. The molecule has 0 unspecified atom stereocenters. The molecule has 0 atom stereocenters. The molecule has 0 aliphatic rings. The van der Waals surface area contributed by atoms with Gasteiger partial charge in [0.1, 0.15) is 12.4 Å². The minimum Gasteiger partial charge on any atom is -0.361 e. The van der Waals surface area contributed by atoms with Gasteiger partial charge in [-0.1, -0.05) is 48.0 Å². The van der Waals surface area contributed by atoms with Gasteiger partial charge in [-0.3, -0.25) is 0 Å². The fourth-order valence-corrected chi connectivity index (χ4v) is 3.92. The standard InChI is InChI=1S/C25H25ClF3N5O2S/c1-3-18(19-6-9-20(26)10-7-19)8-13-22-16(2)23(32-15-25(27,28)29)34-24(33-22)31-14-17-4-11-21(12-5-17)37(30,35)36/h3-13H,14-15H2,1-2H3,(H2,30,35,36)(H2,31,32,33,34)/b13-8-,18-3-. The Labute approximate surface area is 218 Å². The summed E-state index contributed by atoms with van der Waals surface area (Å²) in [5.74, 6) is 0.131. The molecule has 0 amide bonds. The summed E-state index contributed by atoms with van der Waals surface area (Å²) in [5.41, 5.74) is 3.32. The maximum absolute atomic E-state index is 12.9. The van der Waals surface area contributed by atoms with Crippen molar-refractivity contribution in [3.05, 3.63) is 88.1 Å². The van der Waals surface area contributed by atoms with E-state index in [0.29, 0.717) is 21.8 Å². The molecule has 0 saturated heterocycles. The van der Waals surface area contributed by atoms with Gasteiger partial charge in [-0.05, 0) is 60.9 Å². The minimum absolute atomic E-state index is 0.0330. The maximum Gasteiger partial charge on any atom is 0.405 e. The number of aromatic nitrogens is 2. The van der Waals surface area contributed by atoms with Crippen molar-refractivity contribution < 1.29 is 21.6 Å². The van der Waals surface area contributed by atoms with Crippen LogP contribution in [0.4, 0.5) is 24.9 Å². The Morgan fingerprint density at radius 3 is 2.27 bits per heavy atom. The van der Waals surface area contributed by atoms with Gasteiger partial charge in [-0.25, -0.2) is 18.5 Å². The summed E-state index contributed by atoms with van der Waals surface area (Å²) in [6.07, 6.45) is 0.968. The summed E-state index contributed by atoms with van der Waals surface area (Å²) in [7, 11) is -3.82. The van der Waals surface area contributed by atoms with Gasteiger partial charge < -0.3 is 10.6 Å². The summed E-state index contributed by atoms with van der Waals surface area (Å²) in [6.45, 7) is 2.44. The van der Waals surface area contributed by atoms with Crippen LogP contribution in [-0.4, -0.2) is 31.1 Å². The van der Waals surface area contributed by atoms with Crippen LogP contribution in [0.5, 0.6) is 0 Å². The molecule has 0 aliphatic heterocycles. The molecule has 3 rings (SSSR count). The van der Waals surface area contributed by atoms with Crippen LogP contribution in [0.1, 0.15) is 29.3 Å². The third-order valence-electron chi connectivity index (χ3n) is 5.25. The molecule has 7 nitrogen and oxygen atoms in total. The normalized spacial score (nSPS) is 12.7. The van der Waals surface area contributed by atoms with Gasteiger partial charge in [0, 0.05) is 17.1 Å². The number of primary sulfonamides is 1. The van der Waals surface area contributed by atoms with Crippen LogP contribution >= 0.6 is 11.6 Å². The lowest BCUT2D eigenvalue weighted by Crippen LogP contribution is -2.23. The van der Waals surface area contributed by atoms with Crippen LogP contribution < -0.4 is 15.8 Å². The molecule has 4 N–H and O–H groups in total. The van der Waals surface area contributed by atoms with Crippen molar-refractivity contribution in [2.75, 3.05) is 17.2 Å². The average Bonchev–Trinajstić information content (AvgIpc) is 2.83. The van der Waals surface area contributed by atoms with Crippen molar-refractivity contribution in [3.8, 4) is 0 Å². The lowest BCUT2D eigenvalue weighted by atomic mass is 10.0. The summed E-state index contributed by atoms with van der Waals surface area (Å²) in [6, 6.07) is 13.1. The lowest BCUT2D eigenvalue weighted by molar-refractivity contribution is -0.115. The van der Waals surface area contributed by atoms with Gasteiger partial charge in [0.15, 0.2) is 0 Å². The summed E-state index contributed by atoms with van der Waals surface area (Å²) in [5, 5.41) is 11.0. The fraction of sp³-hybridized carbons (Fsp3) is 0.200. The Morgan fingerprint density at radius 2 is 1.70 bits per heavy atom. The zero-order valence-corrected chi connectivity index (χ0v) is 21.5. The number of alkyl halides is 3. The number of hydrogen-bond acceptors (Lipinski definition) is 6. The molecule has 1 aromatic heterocycles. The van der Waals surface area contributed by atoms with Crippen molar-refractivity contribution in [1.82, 2.24) is 9.97 Å². The van der Waals surface area contributed by atoms with E-state index in [4.69, 9.17) is 16.7 Å². The van der Waals surface area contributed by atoms with Gasteiger partial charge in [-0.2, -0.15) is 18.2 Å². The predicted octanol–water partition coefficient (Wildman–Crippen LogP) is 5.79. The Balaban J connectivity index is 1.89. The Morgan fingerprint density at radius 1 is 1.05 bits per heavy atom. The van der Waals surface area contributed by atoms with E-state index >= 15 is 0 Å². The third-order valence-corrected chi connectivity index (χ3v) is 6.43. The lowest BCUT2D eigenvalue weighted by Gasteiger charge is -2.15. The third kappa shape index (κ3) is 8.31. The fourth-order valence-electron chi connectivity index (χ4n) is 3.28. The second kappa shape index (κ2) is 11.8. The van der Waals surface area contributed by atoms with E-state index in [2.05, 4.69) is 20.6 Å². The number of benzene rings is 2. The van der Waals surface area contributed by atoms with Crippen molar-refractivity contribution in [1.29, 1.82) is 0 Å². The highest BCUT2D eigenvalue weighted by atomic mass is 35.5. The van der Waals surface area contributed by atoms with Crippen LogP contribution in [0.25, 0.3) is 11.6 Å². The number of rotatable bonds is 9. The van der Waals surface area contributed by atoms with E-state index in [1.807, 2.05) is 31.2 Å². The zero-order chi connectivity index (χ0) is 27.2. The number of halogens is 4. The van der Waals surface area contributed by atoms with Gasteiger partial charge >= 0.3 is 6.18 Å². The molecule has 12 heteroatoms. The molecule has 0 spiro atoms. The number of hydrogen-bond donors (Lipinski definition) is 3. The van der Waals surface area contributed by atoms with E-state index in [-0.39, 0.29) is 23.2 Å². The van der Waals surface area contributed by atoms with Gasteiger partial charge in [-0.15, -0.1) is 0 Å². The van der Waals surface area contributed by atoms with E-state index in [0.717, 1.165) is 11.1 Å². The Kier molecular flexibility index (Phi) is 8.95. The molecular weight excluding hydrogens is 527 g/mol. The quantitative estimate of drug-likeness (QED) is 0.290. The summed E-state index contributed by atoms with van der Waals surface area (Å²) >= 11 is 5.97. The summed E-state index contributed by atoms with van der Waals surface area (Å²) in [4.78, 5) is 8.65. The molecule has 2 aromatic carbocycles. The number of sulfonamides is 1. The second-order valence-corrected chi connectivity index (χ2v) is 10.00. The van der Waals surface area contributed by atoms with E-state index in [1.54, 1.807) is 37.3 Å². The number of allylic oxidation sites excluding steroid dienone is 3. The first-order valence-electron chi connectivity index (χ1n) is 11.0. The van der Waals surface area contributed by atoms with Crippen molar-refractivity contribution >= 4 is 45.0 Å². The van der Waals surface area contributed by atoms with Gasteiger partial charge in [0.2, 0.25) is 16.0 Å². The average molecular weight is 552 g/mol. The first-order valence-corrected chi connectivity index (χ1v) is 12.9. The number of nitrogens with one attached hydrogen (secondary N) is 2. The van der Waals surface area contributed by atoms with Crippen molar-refractivity contribution in [2.45, 2.75) is 31.5 Å². The molecule has 196 valence electrons. The molecule has 3 aromatic rings. The molecule has 0 saturated carbocycles. The zero-order valence-electron chi connectivity index (χ0n) is 20.0. The highest BCUT2D eigenvalue weighted by molar-refractivity contribution is 7.89. The van der Waals surface area contributed by atoms with Crippen LogP contribution in [-0.2, 0) is 16.6 Å².